The molecule has 274 valence electrons. The molecule has 0 radical (unpaired) electrons. The van der Waals surface area contributed by atoms with Crippen molar-refractivity contribution in [2.75, 3.05) is 0 Å². The lowest BCUT2D eigenvalue weighted by molar-refractivity contribution is 0.591. The Morgan fingerprint density at radius 2 is 0.393 bits per heavy atom. The number of fused-ring (bicyclic) bond motifs is 14. The number of rotatable bonds is 0. The largest absolute Gasteiger partial charge is 0.0578 e. The second-order valence-corrected chi connectivity index (χ2v) is 21.7. The van der Waals surface area contributed by atoms with E-state index in [1.165, 1.54) is 141 Å². The van der Waals surface area contributed by atoms with Gasteiger partial charge in [-0.25, -0.2) is 0 Å². The van der Waals surface area contributed by atoms with Crippen LogP contribution in [0.15, 0.2) is 84.9 Å². The van der Waals surface area contributed by atoms with E-state index in [2.05, 4.69) is 168 Å². The van der Waals surface area contributed by atoms with E-state index in [0.717, 1.165) is 0 Å². The van der Waals surface area contributed by atoms with Crippen molar-refractivity contribution in [3.05, 3.63) is 107 Å². The fourth-order valence-corrected chi connectivity index (χ4v) is 11.1. The third-order valence-corrected chi connectivity index (χ3v) is 14.2. The van der Waals surface area contributed by atoms with E-state index in [1.54, 1.807) is 0 Å². The van der Waals surface area contributed by atoms with Gasteiger partial charge in [0, 0.05) is 0 Å². The molecule has 0 N–H and O–H groups in total. The Bertz CT molecular complexity index is 3160. The first-order valence-corrected chi connectivity index (χ1v) is 20.9. The van der Waals surface area contributed by atoms with Crippen LogP contribution in [0.2, 0.25) is 0 Å². The second-order valence-electron chi connectivity index (χ2n) is 21.7. The van der Waals surface area contributed by atoms with Crippen LogP contribution < -0.4 is 0 Å². The molecule has 12 aromatic rings. The van der Waals surface area contributed by atoms with Crippen LogP contribution in [0.25, 0.3) is 118 Å². The van der Waals surface area contributed by atoms with Gasteiger partial charge in [-0.1, -0.05) is 132 Å². The molecule has 0 atom stereocenters. The van der Waals surface area contributed by atoms with Crippen LogP contribution in [0.5, 0.6) is 0 Å². The van der Waals surface area contributed by atoms with Crippen LogP contribution in [-0.4, -0.2) is 0 Å². The van der Waals surface area contributed by atoms with Crippen LogP contribution in [0.4, 0.5) is 0 Å². The van der Waals surface area contributed by atoms with Gasteiger partial charge in [-0.05, 0) is 199 Å². The van der Waals surface area contributed by atoms with Gasteiger partial charge in [-0.3, -0.25) is 0 Å². The van der Waals surface area contributed by atoms with Gasteiger partial charge in [-0.15, -0.1) is 0 Å². The Morgan fingerprint density at radius 1 is 0.196 bits per heavy atom. The summed E-state index contributed by atoms with van der Waals surface area (Å²) in [6.45, 7) is 28.2. The van der Waals surface area contributed by atoms with Crippen molar-refractivity contribution in [3.63, 3.8) is 0 Å². The van der Waals surface area contributed by atoms with Crippen LogP contribution in [0.1, 0.15) is 105 Å². The molecule has 0 fully saturated rings. The summed E-state index contributed by atoms with van der Waals surface area (Å²) in [5, 5.41) is 31.4. The molecule has 0 amide bonds. The Balaban J connectivity index is 1.46. The van der Waals surface area contributed by atoms with E-state index in [9.17, 15) is 0 Å². The lowest BCUT2D eigenvalue weighted by Crippen LogP contribution is -2.10. The lowest BCUT2D eigenvalue weighted by atomic mass is 9.85. The molecule has 12 rings (SSSR count). The molecule has 0 spiro atoms. The van der Waals surface area contributed by atoms with E-state index in [1.807, 2.05) is 0 Å². The molecule has 0 aliphatic rings. The predicted octanol–water partition coefficient (Wildman–Crippen LogP) is 16.8. The molecule has 0 aliphatic heterocycles. The molecule has 12 aromatic carbocycles. The minimum Gasteiger partial charge on any atom is -0.0578 e. The highest BCUT2D eigenvalue weighted by molar-refractivity contribution is 6.60. The maximum absolute atomic E-state index is 2.61. The third-order valence-electron chi connectivity index (χ3n) is 14.2. The average molecular weight is 723 g/mol. The summed E-state index contributed by atoms with van der Waals surface area (Å²) >= 11 is 0. The van der Waals surface area contributed by atoms with Gasteiger partial charge in [0.15, 0.2) is 0 Å². The molecule has 0 unspecified atom stereocenters. The van der Waals surface area contributed by atoms with Crippen LogP contribution in [-0.2, 0) is 21.7 Å². The maximum Gasteiger partial charge on any atom is -0.0000469 e. The maximum atomic E-state index is 2.61. The van der Waals surface area contributed by atoms with Crippen LogP contribution in [0.3, 0.4) is 0 Å². The van der Waals surface area contributed by atoms with Crippen LogP contribution >= 0.6 is 0 Å². The van der Waals surface area contributed by atoms with Gasteiger partial charge < -0.3 is 0 Å². The molecule has 0 aliphatic carbocycles. The van der Waals surface area contributed by atoms with E-state index in [4.69, 9.17) is 0 Å². The Kier molecular flexibility index (Phi) is 5.69. The number of hydrogen-bond acceptors (Lipinski definition) is 0. The molecule has 0 bridgehead atoms. The zero-order valence-corrected chi connectivity index (χ0v) is 35.1. The quantitative estimate of drug-likeness (QED) is 0.137. The lowest BCUT2D eigenvalue weighted by Gasteiger charge is -2.19. The normalized spacial score (nSPS) is 14.4. The van der Waals surface area contributed by atoms with E-state index in [-0.39, 0.29) is 21.7 Å². The molecule has 0 nitrogen and oxygen atoms in total. The van der Waals surface area contributed by atoms with Crippen molar-refractivity contribution in [2.24, 2.45) is 0 Å². The average Bonchev–Trinajstić information content (AvgIpc) is 3.84. The van der Waals surface area contributed by atoms with Crippen molar-refractivity contribution in [1.82, 2.24) is 0 Å². The van der Waals surface area contributed by atoms with E-state index in [0.29, 0.717) is 0 Å². The fourth-order valence-electron chi connectivity index (χ4n) is 11.1. The van der Waals surface area contributed by atoms with Crippen molar-refractivity contribution in [2.45, 2.75) is 105 Å². The van der Waals surface area contributed by atoms with Crippen LogP contribution in [0, 0.1) is 0 Å². The molecule has 0 saturated carbocycles. The van der Waals surface area contributed by atoms with Crippen molar-refractivity contribution in [3.8, 4) is 0 Å². The van der Waals surface area contributed by atoms with Crippen molar-refractivity contribution < 1.29 is 0 Å². The van der Waals surface area contributed by atoms with E-state index < -0.39 is 0 Å². The molecule has 0 heteroatoms. The van der Waals surface area contributed by atoms with Crippen molar-refractivity contribution >= 4 is 118 Å². The SMILES string of the molecule is CC(C)(C)c1ccc2c(c1)c1cc3c4cc(C(C)(C)C)ccc4c4c5c6ccc(C(C)(C)C)cc6c6cc7c8cc(C(C)(C)C)ccc8c8c2c1c(c34)c(c78)c65. The van der Waals surface area contributed by atoms with Gasteiger partial charge in [0.2, 0.25) is 0 Å². The Labute approximate surface area is 329 Å². The standard InChI is InChI=1S/C56H50/c1-53(2,3)27-13-17-31-35(21-27)39-25-40-36-22-28(54(4,5)6)15-19-33(36)45-46-34-20-16-30(56(10,11)12)24-38(34)42-26-41-37-23-29(55(7,8)9)14-18-32(37)44-43(31)47(39)51(48(40)45)52(49(41)44)50(42)46/h13-26H,1-12H3. The minimum absolute atomic E-state index is 0.0488. The number of benzene rings is 8. The third kappa shape index (κ3) is 3.82. The Morgan fingerprint density at radius 3 is 0.589 bits per heavy atom. The van der Waals surface area contributed by atoms with Gasteiger partial charge in [0.25, 0.3) is 0 Å². The molecular formula is C56H50. The second kappa shape index (κ2) is 9.66. The van der Waals surface area contributed by atoms with Gasteiger partial charge in [0.1, 0.15) is 0 Å². The van der Waals surface area contributed by atoms with E-state index >= 15 is 0 Å². The smallest absolute Gasteiger partial charge is 0.0000469 e. The zero-order valence-electron chi connectivity index (χ0n) is 35.1. The monoisotopic (exact) mass is 722 g/mol. The fraction of sp³-hybridized carbons (Fsp3) is 0.286. The topological polar surface area (TPSA) is 0 Å². The summed E-state index contributed by atoms with van der Waals surface area (Å²) in [6.07, 6.45) is 0. The molecule has 0 aromatic heterocycles. The molecule has 0 saturated heterocycles. The first-order valence-electron chi connectivity index (χ1n) is 20.9. The molecule has 56 heavy (non-hydrogen) atoms. The summed E-state index contributed by atoms with van der Waals surface area (Å²) in [5.74, 6) is 0. The molecular weight excluding hydrogens is 673 g/mol. The summed E-state index contributed by atoms with van der Waals surface area (Å²) in [6, 6.07) is 34.9. The summed E-state index contributed by atoms with van der Waals surface area (Å²) in [5.41, 5.74) is 5.77. The number of hydrogen-bond donors (Lipinski definition) is 0. The highest BCUT2D eigenvalue weighted by atomic mass is 14.3. The van der Waals surface area contributed by atoms with Gasteiger partial charge in [-0.2, -0.15) is 0 Å². The summed E-state index contributed by atoms with van der Waals surface area (Å²) in [4.78, 5) is 0. The zero-order chi connectivity index (χ0) is 38.9. The molecule has 0 heterocycles. The van der Waals surface area contributed by atoms with Gasteiger partial charge in [0.05, 0.1) is 0 Å². The van der Waals surface area contributed by atoms with Gasteiger partial charge >= 0.3 is 0 Å². The predicted molar refractivity (Wildman–Crippen MR) is 250 cm³/mol. The first kappa shape index (κ1) is 33.0. The summed E-state index contributed by atoms with van der Waals surface area (Å²) < 4.78 is 0. The highest BCUT2D eigenvalue weighted by Crippen LogP contribution is 2.60. The van der Waals surface area contributed by atoms with Crippen molar-refractivity contribution in [1.29, 1.82) is 0 Å². The first-order chi connectivity index (χ1) is 26.3. The Hall–Kier alpha value is -5.20. The summed E-state index contributed by atoms with van der Waals surface area (Å²) in [7, 11) is 0. The highest BCUT2D eigenvalue weighted by Gasteiger charge is 2.33. The minimum atomic E-state index is 0.0488.